The summed E-state index contributed by atoms with van der Waals surface area (Å²) in [6.45, 7) is 3.44. The molecule has 2 amide bonds. The van der Waals surface area contributed by atoms with Crippen LogP contribution in [0.1, 0.15) is 19.4 Å². The standard InChI is InChI=1S/C14H16N2O3/c1-3-19-13(18)16-11-7-5-4-6-10(11)8-9-14(2,15)12(16)17/h4-9H,3,15H2,1-2H3/t14-/m0/s1. The van der Waals surface area contributed by atoms with E-state index in [0.29, 0.717) is 5.69 Å². The van der Waals surface area contributed by atoms with Gasteiger partial charge in [0, 0.05) is 0 Å². The van der Waals surface area contributed by atoms with Gasteiger partial charge < -0.3 is 10.5 Å². The summed E-state index contributed by atoms with van der Waals surface area (Å²) in [6.07, 6.45) is 2.63. The number of benzene rings is 1. The number of anilines is 1. The number of hydrogen-bond acceptors (Lipinski definition) is 4. The molecule has 1 aromatic rings. The predicted octanol–water partition coefficient (Wildman–Crippen LogP) is 1.92. The van der Waals surface area contributed by atoms with Crippen LogP contribution >= 0.6 is 0 Å². The van der Waals surface area contributed by atoms with E-state index >= 15 is 0 Å². The van der Waals surface area contributed by atoms with Crippen LogP contribution in [0, 0.1) is 0 Å². The van der Waals surface area contributed by atoms with Crippen LogP contribution in [-0.2, 0) is 9.53 Å². The number of ether oxygens (including phenoxy) is 1. The highest BCUT2D eigenvalue weighted by Crippen LogP contribution is 2.28. The van der Waals surface area contributed by atoms with E-state index in [-0.39, 0.29) is 6.61 Å². The van der Waals surface area contributed by atoms with Crippen LogP contribution < -0.4 is 10.6 Å². The summed E-state index contributed by atoms with van der Waals surface area (Å²) in [6, 6.07) is 7.09. The fourth-order valence-corrected chi connectivity index (χ4v) is 1.89. The van der Waals surface area contributed by atoms with E-state index in [1.165, 1.54) is 0 Å². The van der Waals surface area contributed by atoms with Gasteiger partial charge in [-0.25, -0.2) is 9.69 Å². The first kappa shape index (κ1) is 13.3. The van der Waals surface area contributed by atoms with Crippen molar-refractivity contribution in [3.63, 3.8) is 0 Å². The van der Waals surface area contributed by atoms with Crippen LogP contribution in [0.5, 0.6) is 0 Å². The molecular weight excluding hydrogens is 244 g/mol. The average molecular weight is 260 g/mol. The number of amides is 2. The van der Waals surface area contributed by atoms with Crippen LogP contribution in [0.2, 0.25) is 0 Å². The molecule has 0 radical (unpaired) electrons. The first-order valence-electron chi connectivity index (χ1n) is 6.06. The molecule has 0 bridgehead atoms. The van der Waals surface area contributed by atoms with Gasteiger partial charge in [-0.1, -0.05) is 30.4 Å². The van der Waals surface area contributed by atoms with Gasteiger partial charge in [0.2, 0.25) is 0 Å². The van der Waals surface area contributed by atoms with Crippen LogP contribution in [0.4, 0.5) is 10.5 Å². The van der Waals surface area contributed by atoms with Gasteiger partial charge in [0.05, 0.1) is 12.3 Å². The van der Waals surface area contributed by atoms with Crippen LogP contribution in [0.25, 0.3) is 6.08 Å². The molecule has 100 valence electrons. The minimum atomic E-state index is -1.24. The zero-order valence-corrected chi connectivity index (χ0v) is 10.9. The SMILES string of the molecule is CCOC(=O)N1C(=O)[C@@](C)(N)C=Cc2ccccc21. The molecule has 1 aliphatic rings. The predicted molar refractivity (Wildman–Crippen MR) is 72.6 cm³/mol. The lowest BCUT2D eigenvalue weighted by atomic mass is 10.0. The van der Waals surface area contributed by atoms with Crippen molar-refractivity contribution in [3.8, 4) is 0 Å². The summed E-state index contributed by atoms with van der Waals surface area (Å²) in [7, 11) is 0. The molecule has 1 aromatic carbocycles. The first-order valence-corrected chi connectivity index (χ1v) is 6.06. The molecule has 0 spiro atoms. The Kier molecular flexibility index (Phi) is 3.40. The number of hydrogen-bond donors (Lipinski definition) is 1. The molecule has 2 rings (SSSR count). The van der Waals surface area contributed by atoms with Crippen molar-refractivity contribution >= 4 is 23.8 Å². The Hall–Kier alpha value is -2.14. The molecule has 5 nitrogen and oxygen atoms in total. The van der Waals surface area contributed by atoms with Gasteiger partial charge in [-0.3, -0.25) is 4.79 Å². The number of nitrogens with two attached hydrogens (primary N) is 1. The van der Waals surface area contributed by atoms with E-state index < -0.39 is 17.5 Å². The lowest BCUT2D eigenvalue weighted by Gasteiger charge is -2.26. The zero-order valence-electron chi connectivity index (χ0n) is 10.9. The molecule has 0 aliphatic carbocycles. The molecule has 1 heterocycles. The molecule has 2 N–H and O–H groups in total. The summed E-state index contributed by atoms with van der Waals surface area (Å²) in [5.41, 5.74) is 5.93. The Balaban J connectivity index is 2.55. The second-order valence-corrected chi connectivity index (χ2v) is 4.51. The van der Waals surface area contributed by atoms with E-state index in [9.17, 15) is 9.59 Å². The van der Waals surface area contributed by atoms with Crippen LogP contribution in [0.3, 0.4) is 0 Å². The van der Waals surface area contributed by atoms with Crippen LogP contribution in [0.15, 0.2) is 30.3 Å². The largest absolute Gasteiger partial charge is 0.449 e. The van der Waals surface area contributed by atoms with E-state index in [1.54, 1.807) is 38.1 Å². The summed E-state index contributed by atoms with van der Waals surface area (Å²) in [4.78, 5) is 25.4. The molecular formula is C14H16N2O3. The van der Waals surface area contributed by atoms with E-state index in [2.05, 4.69) is 0 Å². The third kappa shape index (κ3) is 2.37. The van der Waals surface area contributed by atoms with Crippen LogP contribution in [-0.4, -0.2) is 24.1 Å². The monoisotopic (exact) mass is 260 g/mol. The molecule has 1 atom stereocenters. The lowest BCUT2D eigenvalue weighted by molar-refractivity contribution is -0.121. The van der Waals surface area contributed by atoms with E-state index in [0.717, 1.165) is 10.5 Å². The van der Waals surface area contributed by atoms with Gasteiger partial charge in [-0.2, -0.15) is 0 Å². The molecule has 1 aliphatic heterocycles. The average Bonchev–Trinajstić information content (AvgIpc) is 2.47. The van der Waals surface area contributed by atoms with E-state index in [4.69, 9.17) is 10.5 Å². The van der Waals surface area contributed by atoms with Gasteiger partial charge in [-0.15, -0.1) is 0 Å². The van der Waals surface area contributed by atoms with Gasteiger partial charge in [0.15, 0.2) is 0 Å². The van der Waals surface area contributed by atoms with E-state index in [1.807, 2.05) is 12.1 Å². The van der Waals surface area contributed by atoms with Crippen molar-refractivity contribution in [2.24, 2.45) is 5.73 Å². The van der Waals surface area contributed by atoms with Crippen molar-refractivity contribution in [2.75, 3.05) is 11.5 Å². The van der Waals surface area contributed by atoms with Crippen molar-refractivity contribution in [3.05, 3.63) is 35.9 Å². The summed E-state index contributed by atoms with van der Waals surface area (Å²) >= 11 is 0. The maximum Gasteiger partial charge on any atom is 0.421 e. The van der Waals surface area contributed by atoms with Crippen molar-refractivity contribution in [1.29, 1.82) is 0 Å². The highest BCUT2D eigenvalue weighted by Gasteiger charge is 2.38. The molecule has 19 heavy (non-hydrogen) atoms. The highest BCUT2D eigenvalue weighted by atomic mass is 16.6. The smallest absolute Gasteiger partial charge is 0.421 e. The Morgan fingerprint density at radius 2 is 2.11 bits per heavy atom. The van der Waals surface area contributed by atoms with Crippen molar-refractivity contribution in [2.45, 2.75) is 19.4 Å². The Labute approximate surface area is 111 Å². The minimum absolute atomic E-state index is 0.194. The normalized spacial score (nSPS) is 21.8. The van der Waals surface area contributed by atoms with Gasteiger partial charge in [0.25, 0.3) is 5.91 Å². The molecule has 0 fully saturated rings. The minimum Gasteiger partial charge on any atom is -0.449 e. The lowest BCUT2D eigenvalue weighted by Crippen LogP contribution is -2.53. The quantitative estimate of drug-likeness (QED) is 0.837. The third-order valence-corrected chi connectivity index (χ3v) is 2.90. The number of rotatable bonds is 1. The number of imide groups is 1. The first-order chi connectivity index (χ1) is 8.97. The number of carbonyl (C=O) groups excluding carboxylic acids is 2. The Morgan fingerprint density at radius 3 is 2.79 bits per heavy atom. The summed E-state index contributed by atoms with van der Waals surface area (Å²) in [5, 5.41) is 0. The topological polar surface area (TPSA) is 72.6 Å². The number of fused-ring (bicyclic) bond motifs is 1. The number of carbonyl (C=O) groups is 2. The maximum absolute atomic E-state index is 12.4. The fraction of sp³-hybridized carbons (Fsp3) is 0.286. The second-order valence-electron chi connectivity index (χ2n) is 4.51. The molecule has 0 saturated carbocycles. The third-order valence-electron chi connectivity index (χ3n) is 2.90. The summed E-state index contributed by atoms with van der Waals surface area (Å²) < 4.78 is 4.94. The Bertz CT molecular complexity index is 549. The molecule has 0 unspecified atom stereocenters. The van der Waals surface area contributed by atoms with Gasteiger partial charge >= 0.3 is 6.09 Å². The molecule has 0 saturated heterocycles. The van der Waals surface area contributed by atoms with Crippen molar-refractivity contribution < 1.29 is 14.3 Å². The summed E-state index contributed by atoms with van der Waals surface area (Å²) in [5.74, 6) is -0.507. The number of para-hydroxylation sites is 1. The Morgan fingerprint density at radius 1 is 1.42 bits per heavy atom. The van der Waals surface area contributed by atoms with Gasteiger partial charge in [0.1, 0.15) is 5.54 Å². The fourth-order valence-electron chi connectivity index (χ4n) is 1.89. The second kappa shape index (κ2) is 4.85. The number of nitrogens with zero attached hydrogens (tertiary/aromatic N) is 1. The molecule has 5 heteroatoms. The van der Waals surface area contributed by atoms with Crippen molar-refractivity contribution in [1.82, 2.24) is 0 Å². The van der Waals surface area contributed by atoms with Gasteiger partial charge in [-0.05, 0) is 25.5 Å². The molecule has 0 aromatic heterocycles. The highest BCUT2D eigenvalue weighted by molar-refractivity contribution is 6.18. The zero-order chi connectivity index (χ0) is 14.0. The maximum atomic E-state index is 12.4.